The Balaban J connectivity index is 2.75. The van der Waals surface area contributed by atoms with Gasteiger partial charge in [0.2, 0.25) is 5.91 Å². The molecule has 1 aromatic rings. The summed E-state index contributed by atoms with van der Waals surface area (Å²) in [5.74, 6) is -1.49. The predicted molar refractivity (Wildman–Crippen MR) is 81.0 cm³/mol. The minimum Gasteiger partial charge on any atom is -0.330 e. The van der Waals surface area contributed by atoms with E-state index in [1.807, 2.05) is 0 Å². The van der Waals surface area contributed by atoms with E-state index in [0.717, 1.165) is 6.08 Å². The molecule has 0 heterocycles. The molecule has 0 bridgehead atoms. The van der Waals surface area contributed by atoms with Crippen LogP contribution in [-0.4, -0.2) is 44.2 Å². The molecule has 0 aromatic heterocycles. The Morgan fingerprint density at radius 1 is 1.26 bits per heavy atom. The molecule has 0 radical (unpaired) electrons. The highest BCUT2D eigenvalue weighted by Crippen LogP contribution is 2.19. The Morgan fingerprint density at radius 3 is 2.30 bits per heavy atom. The largest absolute Gasteiger partial charge is 0.406 e. The lowest BCUT2D eigenvalue weighted by Crippen LogP contribution is -2.39. The highest BCUT2D eigenvalue weighted by molar-refractivity contribution is 7.91. The van der Waals surface area contributed by atoms with Crippen molar-refractivity contribution in [1.82, 2.24) is 4.90 Å². The standard InChI is InChI=1S/C14H15ClF3NO3S/c1-2-8-19(10-14(16,17)18)13(20)7-9-23(21,22)12-5-3-11(15)4-6-12/h2-6H,1,7-10H2. The Morgan fingerprint density at radius 2 is 1.83 bits per heavy atom. The Hall–Kier alpha value is -1.54. The second-order valence-corrected chi connectivity index (χ2v) is 7.25. The van der Waals surface area contributed by atoms with Crippen molar-refractivity contribution in [3.8, 4) is 0 Å². The van der Waals surface area contributed by atoms with Gasteiger partial charge in [-0.25, -0.2) is 8.42 Å². The molecule has 23 heavy (non-hydrogen) atoms. The van der Waals surface area contributed by atoms with Crippen molar-refractivity contribution in [3.63, 3.8) is 0 Å². The Labute approximate surface area is 137 Å². The van der Waals surface area contributed by atoms with Gasteiger partial charge in [0, 0.05) is 18.0 Å². The normalized spacial score (nSPS) is 12.0. The molecular weight excluding hydrogens is 355 g/mol. The third-order valence-corrected chi connectivity index (χ3v) is 4.81. The third-order valence-electron chi connectivity index (χ3n) is 2.83. The highest BCUT2D eigenvalue weighted by Gasteiger charge is 2.32. The summed E-state index contributed by atoms with van der Waals surface area (Å²) in [5, 5.41) is 0.349. The first-order valence-corrected chi connectivity index (χ1v) is 8.52. The van der Waals surface area contributed by atoms with E-state index in [1.54, 1.807) is 0 Å². The average molecular weight is 370 g/mol. The summed E-state index contributed by atoms with van der Waals surface area (Å²) in [6, 6.07) is 5.31. The number of hydrogen-bond acceptors (Lipinski definition) is 3. The van der Waals surface area contributed by atoms with Crippen LogP contribution in [0.5, 0.6) is 0 Å². The van der Waals surface area contributed by atoms with E-state index >= 15 is 0 Å². The molecule has 1 aromatic carbocycles. The lowest BCUT2D eigenvalue weighted by Gasteiger charge is -2.22. The van der Waals surface area contributed by atoms with Gasteiger partial charge in [0.25, 0.3) is 0 Å². The molecule has 1 rings (SSSR count). The van der Waals surface area contributed by atoms with Crippen LogP contribution in [0.2, 0.25) is 5.02 Å². The molecule has 0 saturated carbocycles. The maximum absolute atomic E-state index is 12.4. The number of carbonyl (C=O) groups excluding carboxylic acids is 1. The van der Waals surface area contributed by atoms with Gasteiger partial charge < -0.3 is 4.90 Å². The first kappa shape index (κ1) is 19.5. The number of nitrogens with zero attached hydrogens (tertiary/aromatic N) is 1. The summed E-state index contributed by atoms with van der Waals surface area (Å²) in [5.41, 5.74) is 0. The van der Waals surface area contributed by atoms with Gasteiger partial charge in [-0.3, -0.25) is 4.79 Å². The van der Waals surface area contributed by atoms with E-state index in [0.29, 0.717) is 9.92 Å². The number of halogens is 4. The molecular formula is C14H15ClF3NO3S. The molecule has 0 aliphatic heterocycles. The van der Waals surface area contributed by atoms with Gasteiger partial charge in [-0.1, -0.05) is 17.7 Å². The Bertz CT molecular complexity index is 657. The van der Waals surface area contributed by atoms with Crippen LogP contribution in [-0.2, 0) is 14.6 Å². The summed E-state index contributed by atoms with van der Waals surface area (Å²) < 4.78 is 61.3. The molecule has 0 unspecified atom stereocenters. The van der Waals surface area contributed by atoms with Crippen LogP contribution in [0.15, 0.2) is 41.8 Å². The average Bonchev–Trinajstić information content (AvgIpc) is 2.43. The SMILES string of the molecule is C=CCN(CC(F)(F)F)C(=O)CCS(=O)(=O)c1ccc(Cl)cc1. The topological polar surface area (TPSA) is 54.5 Å². The van der Waals surface area contributed by atoms with Crippen molar-refractivity contribution < 1.29 is 26.4 Å². The zero-order valence-corrected chi connectivity index (χ0v) is 13.6. The van der Waals surface area contributed by atoms with Crippen LogP contribution < -0.4 is 0 Å². The minimum atomic E-state index is -4.56. The molecule has 9 heteroatoms. The molecule has 0 spiro atoms. The lowest BCUT2D eigenvalue weighted by molar-refractivity contribution is -0.159. The van der Waals surface area contributed by atoms with E-state index in [4.69, 9.17) is 11.6 Å². The fraction of sp³-hybridized carbons (Fsp3) is 0.357. The summed E-state index contributed by atoms with van der Waals surface area (Å²) in [6.45, 7) is 1.53. The van der Waals surface area contributed by atoms with Gasteiger partial charge in [0.05, 0.1) is 10.6 Å². The number of amides is 1. The maximum atomic E-state index is 12.4. The smallest absolute Gasteiger partial charge is 0.330 e. The van der Waals surface area contributed by atoms with E-state index < -0.39 is 40.6 Å². The maximum Gasteiger partial charge on any atom is 0.406 e. The van der Waals surface area contributed by atoms with Gasteiger partial charge in [-0.2, -0.15) is 13.2 Å². The number of alkyl halides is 3. The number of benzene rings is 1. The summed E-state index contributed by atoms with van der Waals surface area (Å²) in [4.78, 5) is 12.3. The fourth-order valence-electron chi connectivity index (χ4n) is 1.77. The quantitative estimate of drug-likeness (QED) is 0.694. The first-order chi connectivity index (χ1) is 10.5. The van der Waals surface area contributed by atoms with Gasteiger partial charge in [-0.05, 0) is 24.3 Å². The fourth-order valence-corrected chi connectivity index (χ4v) is 3.12. The molecule has 0 aliphatic rings. The molecule has 4 nitrogen and oxygen atoms in total. The van der Waals surface area contributed by atoms with Crippen LogP contribution in [0.3, 0.4) is 0 Å². The molecule has 0 N–H and O–H groups in total. The van der Waals surface area contributed by atoms with Gasteiger partial charge in [-0.15, -0.1) is 6.58 Å². The number of rotatable bonds is 7. The van der Waals surface area contributed by atoms with Crippen molar-refractivity contribution in [2.45, 2.75) is 17.5 Å². The van der Waals surface area contributed by atoms with E-state index in [2.05, 4.69) is 6.58 Å². The van der Waals surface area contributed by atoms with Crippen LogP contribution in [0, 0.1) is 0 Å². The van der Waals surface area contributed by atoms with Gasteiger partial charge in [0.15, 0.2) is 9.84 Å². The number of hydrogen-bond donors (Lipinski definition) is 0. The Kier molecular flexibility index (Phi) is 6.64. The van der Waals surface area contributed by atoms with Crippen molar-refractivity contribution in [2.75, 3.05) is 18.8 Å². The van der Waals surface area contributed by atoms with Gasteiger partial charge in [0.1, 0.15) is 6.54 Å². The summed E-state index contributed by atoms with van der Waals surface area (Å²) in [7, 11) is -3.78. The highest BCUT2D eigenvalue weighted by atomic mass is 35.5. The minimum absolute atomic E-state index is 0.0409. The predicted octanol–water partition coefficient (Wildman–Crippen LogP) is 3.08. The van der Waals surface area contributed by atoms with Crippen molar-refractivity contribution in [2.24, 2.45) is 0 Å². The van der Waals surface area contributed by atoms with Crippen molar-refractivity contribution in [1.29, 1.82) is 0 Å². The monoisotopic (exact) mass is 369 g/mol. The summed E-state index contributed by atoms with van der Waals surface area (Å²) in [6.07, 6.45) is -3.96. The van der Waals surface area contributed by atoms with Crippen LogP contribution >= 0.6 is 11.6 Å². The van der Waals surface area contributed by atoms with Crippen molar-refractivity contribution in [3.05, 3.63) is 41.9 Å². The molecule has 1 amide bonds. The zero-order valence-electron chi connectivity index (χ0n) is 12.0. The molecule has 0 saturated heterocycles. The molecule has 128 valence electrons. The molecule has 0 fully saturated rings. The number of sulfone groups is 1. The third kappa shape index (κ3) is 6.62. The molecule has 0 aliphatic carbocycles. The lowest BCUT2D eigenvalue weighted by atomic mass is 10.3. The second kappa shape index (κ2) is 7.83. The second-order valence-electron chi connectivity index (χ2n) is 4.70. The van der Waals surface area contributed by atoms with E-state index in [-0.39, 0.29) is 11.4 Å². The van der Waals surface area contributed by atoms with Crippen LogP contribution in [0.25, 0.3) is 0 Å². The first-order valence-electron chi connectivity index (χ1n) is 6.49. The van der Waals surface area contributed by atoms with E-state index in [9.17, 15) is 26.4 Å². The van der Waals surface area contributed by atoms with E-state index in [1.165, 1.54) is 24.3 Å². The number of carbonyl (C=O) groups is 1. The zero-order chi connectivity index (χ0) is 17.7. The summed E-state index contributed by atoms with van der Waals surface area (Å²) >= 11 is 5.66. The van der Waals surface area contributed by atoms with Crippen LogP contribution in [0.1, 0.15) is 6.42 Å². The van der Waals surface area contributed by atoms with Gasteiger partial charge >= 0.3 is 6.18 Å². The van der Waals surface area contributed by atoms with Crippen LogP contribution in [0.4, 0.5) is 13.2 Å². The van der Waals surface area contributed by atoms with Crippen molar-refractivity contribution >= 4 is 27.3 Å². The molecule has 0 atom stereocenters.